The summed E-state index contributed by atoms with van der Waals surface area (Å²) >= 11 is 0. The molecular weight excluding hydrogens is 208 g/mol. The molecule has 0 spiro atoms. The van der Waals surface area contributed by atoms with Crippen LogP contribution in [-0.4, -0.2) is 19.1 Å². The second kappa shape index (κ2) is 8.93. The van der Waals surface area contributed by atoms with Crippen molar-refractivity contribution in [2.75, 3.05) is 13.1 Å². The van der Waals surface area contributed by atoms with E-state index in [4.69, 9.17) is 5.73 Å². The second-order valence-electron chi connectivity index (χ2n) is 5.93. The first kappa shape index (κ1) is 15.0. The minimum atomic E-state index is 0.703. The van der Waals surface area contributed by atoms with Gasteiger partial charge in [-0.1, -0.05) is 26.2 Å². The molecule has 0 aromatic rings. The molecule has 2 heteroatoms. The van der Waals surface area contributed by atoms with Crippen LogP contribution in [0.1, 0.15) is 65.2 Å². The molecule has 0 bridgehead atoms. The van der Waals surface area contributed by atoms with Crippen LogP contribution < -0.4 is 11.1 Å². The van der Waals surface area contributed by atoms with Gasteiger partial charge in [0.25, 0.3) is 0 Å². The molecule has 0 amide bonds. The van der Waals surface area contributed by atoms with Gasteiger partial charge < -0.3 is 11.1 Å². The smallest absolute Gasteiger partial charge is 0.00388 e. The fourth-order valence-corrected chi connectivity index (χ4v) is 2.84. The molecule has 1 fully saturated rings. The third-order valence-corrected chi connectivity index (χ3v) is 4.30. The monoisotopic (exact) mass is 240 g/mol. The summed E-state index contributed by atoms with van der Waals surface area (Å²) in [4.78, 5) is 0. The van der Waals surface area contributed by atoms with E-state index in [9.17, 15) is 0 Å². The predicted molar refractivity (Wildman–Crippen MR) is 76.1 cm³/mol. The summed E-state index contributed by atoms with van der Waals surface area (Å²) < 4.78 is 0. The molecule has 1 unspecified atom stereocenters. The van der Waals surface area contributed by atoms with Gasteiger partial charge in [0.15, 0.2) is 0 Å². The number of hydrogen-bond donors (Lipinski definition) is 2. The molecule has 1 aliphatic rings. The van der Waals surface area contributed by atoms with Crippen LogP contribution in [0.2, 0.25) is 0 Å². The van der Waals surface area contributed by atoms with E-state index in [0.717, 1.165) is 18.4 Å². The summed E-state index contributed by atoms with van der Waals surface area (Å²) in [7, 11) is 0. The summed E-state index contributed by atoms with van der Waals surface area (Å²) in [6.45, 7) is 6.73. The quantitative estimate of drug-likeness (QED) is 0.639. The standard InChI is InChI=1S/C15H32N2/c1-3-4-5-6-13(2)17-12-15-9-7-14(11-16)8-10-15/h13-15,17H,3-12,16H2,1-2H3. The average Bonchev–Trinajstić information content (AvgIpc) is 2.37. The summed E-state index contributed by atoms with van der Waals surface area (Å²) in [6, 6.07) is 0.703. The summed E-state index contributed by atoms with van der Waals surface area (Å²) in [5.74, 6) is 1.72. The number of unbranched alkanes of at least 4 members (excludes halogenated alkanes) is 2. The maximum Gasteiger partial charge on any atom is 0.00388 e. The van der Waals surface area contributed by atoms with E-state index in [2.05, 4.69) is 19.2 Å². The van der Waals surface area contributed by atoms with Gasteiger partial charge >= 0.3 is 0 Å². The van der Waals surface area contributed by atoms with Gasteiger partial charge in [-0.15, -0.1) is 0 Å². The number of rotatable bonds is 8. The Hall–Kier alpha value is -0.0800. The van der Waals surface area contributed by atoms with Crippen molar-refractivity contribution in [1.82, 2.24) is 5.32 Å². The lowest BCUT2D eigenvalue weighted by Crippen LogP contribution is -2.33. The van der Waals surface area contributed by atoms with Crippen LogP contribution in [0.15, 0.2) is 0 Å². The third-order valence-electron chi connectivity index (χ3n) is 4.30. The van der Waals surface area contributed by atoms with Crippen LogP contribution in [0.4, 0.5) is 0 Å². The lowest BCUT2D eigenvalue weighted by atomic mass is 9.82. The molecule has 0 aromatic heterocycles. The normalized spacial score (nSPS) is 27.0. The van der Waals surface area contributed by atoms with Crippen molar-refractivity contribution in [2.45, 2.75) is 71.3 Å². The zero-order valence-electron chi connectivity index (χ0n) is 11.9. The molecule has 0 heterocycles. The van der Waals surface area contributed by atoms with E-state index in [1.807, 2.05) is 0 Å². The molecule has 1 atom stereocenters. The van der Waals surface area contributed by atoms with E-state index in [1.165, 1.54) is 57.9 Å². The topological polar surface area (TPSA) is 38.0 Å². The minimum absolute atomic E-state index is 0.703. The molecule has 0 radical (unpaired) electrons. The first-order valence-corrected chi connectivity index (χ1v) is 7.69. The van der Waals surface area contributed by atoms with Crippen molar-refractivity contribution in [2.24, 2.45) is 17.6 Å². The molecule has 0 saturated heterocycles. The molecule has 0 aliphatic heterocycles. The Balaban J connectivity index is 2.02. The number of nitrogens with two attached hydrogens (primary N) is 1. The summed E-state index contributed by atoms with van der Waals surface area (Å²) in [6.07, 6.45) is 10.9. The molecular formula is C15H32N2. The van der Waals surface area contributed by atoms with E-state index >= 15 is 0 Å². The van der Waals surface area contributed by atoms with E-state index < -0.39 is 0 Å². The molecule has 1 saturated carbocycles. The van der Waals surface area contributed by atoms with Gasteiger partial charge in [0.1, 0.15) is 0 Å². The molecule has 3 N–H and O–H groups in total. The molecule has 17 heavy (non-hydrogen) atoms. The Morgan fingerprint density at radius 2 is 1.76 bits per heavy atom. The van der Waals surface area contributed by atoms with Crippen molar-refractivity contribution < 1.29 is 0 Å². The Morgan fingerprint density at radius 3 is 2.35 bits per heavy atom. The Kier molecular flexibility index (Phi) is 7.87. The predicted octanol–water partition coefficient (Wildman–Crippen LogP) is 3.31. The highest BCUT2D eigenvalue weighted by atomic mass is 14.9. The molecule has 1 aliphatic carbocycles. The fourth-order valence-electron chi connectivity index (χ4n) is 2.84. The van der Waals surface area contributed by atoms with Gasteiger partial charge in [0.2, 0.25) is 0 Å². The molecule has 0 aromatic carbocycles. The third kappa shape index (κ3) is 6.42. The van der Waals surface area contributed by atoms with Gasteiger partial charge in [0.05, 0.1) is 0 Å². The second-order valence-corrected chi connectivity index (χ2v) is 5.93. The average molecular weight is 240 g/mol. The van der Waals surface area contributed by atoms with E-state index in [1.54, 1.807) is 0 Å². The van der Waals surface area contributed by atoms with Gasteiger partial charge in [-0.3, -0.25) is 0 Å². The van der Waals surface area contributed by atoms with Gasteiger partial charge in [-0.2, -0.15) is 0 Å². The van der Waals surface area contributed by atoms with Gasteiger partial charge in [-0.05, 0) is 64.0 Å². The molecule has 2 nitrogen and oxygen atoms in total. The minimum Gasteiger partial charge on any atom is -0.330 e. The van der Waals surface area contributed by atoms with Crippen LogP contribution in [0.5, 0.6) is 0 Å². The zero-order valence-corrected chi connectivity index (χ0v) is 11.9. The van der Waals surface area contributed by atoms with Gasteiger partial charge in [0, 0.05) is 6.04 Å². The molecule has 102 valence electrons. The van der Waals surface area contributed by atoms with Crippen molar-refractivity contribution in [1.29, 1.82) is 0 Å². The SMILES string of the molecule is CCCCCC(C)NCC1CCC(CN)CC1. The van der Waals surface area contributed by atoms with Crippen molar-refractivity contribution in [3.8, 4) is 0 Å². The van der Waals surface area contributed by atoms with Crippen LogP contribution in [0, 0.1) is 11.8 Å². The summed E-state index contributed by atoms with van der Waals surface area (Å²) in [5.41, 5.74) is 5.72. The lowest BCUT2D eigenvalue weighted by molar-refractivity contribution is 0.265. The first-order valence-electron chi connectivity index (χ1n) is 7.69. The largest absolute Gasteiger partial charge is 0.330 e. The first-order chi connectivity index (χ1) is 8.26. The van der Waals surface area contributed by atoms with Crippen LogP contribution in [-0.2, 0) is 0 Å². The fraction of sp³-hybridized carbons (Fsp3) is 1.00. The molecule has 1 rings (SSSR count). The highest BCUT2D eigenvalue weighted by Crippen LogP contribution is 2.27. The maximum atomic E-state index is 5.72. The number of nitrogens with one attached hydrogen (secondary N) is 1. The van der Waals surface area contributed by atoms with Crippen molar-refractivity contribution in [3.05, 3.63) is 0 Å². The van der Waals surface area contributed by atoms with Crippen molar-refractivity contribution >= 4 is 0 Å². The Labute approximate surface area is 108 Å². The Morgan fingerprint density at radius 1 is 1.12 bits per heavy atom. The highest BCUT2D eigenvalue weighted by Gasteiger charge is 2.20. The van der Waals surface area contributed by atoms with E-state index in [-0.39, 0.29) is 0 Å². The highest BCUT2D eigenvalue weighted by molar-refractivity contribution is 4.75. The Bertz CT molecular complexity index is 174. The van der Waals surface area contributed by atoms with Crippen LogP contribution >= 0.6 is 0 Å². The van der Waals surface area contributed by atoms with Gasteiger partial charge in [-0.25, -0.2) is 0 Å². The number of hydrogen-bond acceptors (Lipinski definition) is 2. The summed E-state index contributed by atoms with van der Waals surface area (Å²) in [5, 5.41) is 3.71. The van der Waals surface area contributed by atoms with E-state index in [0.29, 0.717) is 6.04 Å². The van der Waals surface area contributed by atoms with Crippen LogP contribution in [0.25, 0.3) is 0 Å². The lowest BCUT2D eigenvalue weighted by Gasteiger charge is -2.28. The zero-order chi connectivity index (χ0) is 12.5. The van der Waals surface area contributed by atoms with Crippen LogP contribution in [0.3, 0.4) is 0 Å². The van der Waals surface area contributed by atoms with Crippen molar-refractivity contribution in [3.63, 3.8) is 0 Å². The maximum absolute atomic E-state index is 5.72.